The van der Waals surface area contributed by atoms with Gasteiger partial charge in [-0.3, -0.25) is 9.59 Å². The predicted molar refractivity (Wildman–Crippen MR) is 72.6 cm³/mol. The van der Waals surface area contributed by atoms with Gasteiger partial charge in [-0.1, -0.05) is 6.07 Å². The Labute approximate surface area is 124 Å². The van der Waals surface area contributed by atoms with Crippen molar-refractivity contribution in [3.8, 4) is 5.75 Å². The highest BCUT2D eigenvalue weighted by atomic mass is 19.4. The summed E-state index contributed by atoms with van der Waals surface area (Å²) in [5.74, 6) is -1.93. The number of alkyl halides is 3. The van der Waals surface area contributed by atoms with E-state index in [9.17, 15) is 22.8 Å². The van der Waals surface area contributed by atoms with E-state index in [0.29, 0.717) is 6.42 Å². The number of ether oxygens (including phenoxy) is 1. The summed E-state index contributed by atoms with van der Waals surface area (Å²) >= 11 is 0. The number of halogens is 3. The first-order chi connectivity index (χ1) is 10.2. The van der Waals surface area contributed by atoms with Crippen molar-refractivity contribution in [2.45, 2.75) is 19.0 Å². The van der Waals surface area contributed by atoms with Gasteiger partial charge in [-0.2, -0.15) is 13.2 Å². The van der Waals surface area contributed by atoms with Crippen molar-refractivity contribution < 1.29 is 27.5 Å². The third-order valence-corrected chi connectivity index (χ3v) is 2.60. The van der Waals surface area contributed by atoms with Crippen molar-refractivity contribution in [1.29, 1.82) is 0 Å². The zero-order chi connectivity index (χ0) is 16.8. The minimum absolute atomic E-state index is 0.0885. The molecule has 8 heteroatoms. The molecule has 0 aliphatic carbocycles. The molecule has 1 amide bonds. The number of hydrogen-bond acceptors (Lipinski definition) is 4. The summed E-state index contributed by atoms with van der Waals surface area (Å²) in [7, 11) is 0. The number of nitrogens with two attached hydrogens (primary N) is 2. The second-order valence-corrected chi connectivity index (χ2v) is 4.43. The number of primary amides is 1. The van der Waals surface area contributed by atoms with Crippen LogP contribution in [0.5, 0.6) is 5.75 Å². The van der Waals surface area contributed by atoms with E-state index < -0.39 is 23.4 Å². The van der Waals surface area contributed by atoms with Crippen LogP contribution in [0.4, 0.5) is 13.2 Å². The zero-order valence-corrected chi connectivity index (χ0v) is 11.5. The molecule has 0 heterocycles. The summed E-state index contributed by atoms with van der Waals surface area (Å²) in [6.07, 6.45) is -2.89. The number of carbonyl (C=O) groups excluding carboxylic acids is 2. The third-order valence-electron chi connectivity index (χ3n) is 2.60. The van der Waals surface area contributed by atoms with Crippen LogP contribution in [0.25, 0.3) is 0 Å². The molecule has 0 bridgehead atoms. The Kier molecular flexibility index (Phi) is 5.97. The SMILES string of the molecule is NC(=O)C(=O)/C=C(\N)CCCOc1cccc(C(F)(F)F)c1. The molecule has 0 spiro atoms. The Balaban J connectivity index is 2.45. The van der Waals surface area contributed by atoms with Gasteiger partial charge in [-0.25, -0.2) is 0 Å². The van der Waals surface area contributed by atoms with Crippen LogP contribution >= 0.6 is 0 Å². The van der Waals surface area contributed by atoms with Crippen LogP contribution in [0.3, 0.4) is 0 Å². The van der Waals surface area contributed by atoms with Crippen LogP contribution in [0, 0.1) is 0 Å². The van der Waals surface area contributed by atoms with Gasteiger partial charge in [0.25, 0.3) is 5.91 Å². The molecule has 0 unspecified atom stereocenters. The standard InChI is InChI=1S/C14H15F3N2O3/c15-14(16,17)9-3-1-5-11(7-9)22-6-2-4-10(18)8-12(20)13(19)21/h1,3,5,7-8H,2,4,6,18H2,(H2,19,21)/b10-8-. The Bertz CT molecular complexity index is 583. The molecule has 0 saturated heterocycles. The van der Waals surface area contributed by atoms with E-state index in [1.54, 1.807) is 0 Å². The average Bonchev–Trinajstić information content (AvgIpc) is 2.43. The van der Waals surface area contributed by atoms with Gasteiger partial charge < -0.3 is 16.2 Å². The maximum atomic E-state index is 12.5. The monoisotopic (exact) mass is 316 g/mol. The number of allylic oxidation sites excluding steroid dienone is 1. The van der Waals surface area contributed by atoms with Crippen LogP contribution in [0.1, 0.15) is 18.4 Å². The number of carbonyl (C=O) groups is 2. The van der Waals surface area contributed by atoms with Crippen molar-refractivity contribution in [3.63, 3.8) is 0 Å². The minimum Gasteiger partial charge on any atom is -0.494 e. The van der Waals surface area contributed by atoms with Gasteiger partial charge in [0, 0.05) is 11.8 Å². The van der Waals surface area contributed by atoms with Gasteiger partial charge in [-0.05, 0) is 31.0 Å². The Hall–Kier alpha value is -2.51. The first-order valence-corrected chi connectivity index (χ1v) is 6.30. The average molecular weight is 316 g/mol. The van der Waals surface area contributed by atoms with E-state index in [1.807, 2.05) is 0 Å². The Morgan fingerprint density at radius 1 is 1.23 bits per heavy atom. The van der Waals surface area contributed by atoms with Crippen LogP contribution in [-0.2, 0) is 15.8 Å². The van der Waals surface area contributed by atoms with Gasteiger partial charge in [0.1, 0.15) is 5.75 Å². The van der Waals surface area contributed by atoms with Gasteiger partial charge in [-0.15, -0.1) is 0 Å². The lowest BCUT2D eigenvalue weighted by Crippen LogP contribution is -2.22. The lowest BCUT2D eigenvalue weighted by Gasteiger charge is -2.10. The molecule has 4 N–H and O–H groups in total. The zero-order valence-electron chi connectivity index (χ0n) is 11.5. The molecule has 0 atom stereocenters. The summed E-state index contributed by atoms with van der Waals surface area (Å²) in [5.41, 5.74) is 9.61. The van der Waals surface area contributed by atoms with Crippen molar-refractivity contribution >= 4 is 11.7 Å². The van der Waals surface area contributed by atoms with Crippen molar-refractivity contribution in [3.05, 3.63) is 41.6 Å². The Morgan fingerprint density at radius 2 is 1.91 bits per heavy atom. The highest BCUT2D eigenvalue weighted by Gasteiger charge is 2.30. The smallest absolute Gasteiger partial charge is 0.416 e. The molecule has 0 aliphatic rings. The summed E-state index contributed by atoms with van der Waals surface area (Å²) in [5, 5.41) is 0. The topological polar surface area (TPSA) is 95.4 Å². The number of ketones is 1. The summed E-state index contributed by atoms with van der Waals surface area (Å²) in [6.45, 7) is 0.112. The first kappa shape index (κ1) is 17.5. The molecule has 0 saturated carbocycles. The van der Waals surface area contributed by atoms with Crippen LogP contribution in [-0.4, -0.2) is 18.3 Å². The van der Waals surface area contributed by atoms with Gasteiger partial charge in [0.2, 0.25) is 5.78 Å². The molecule has 1 rings (SSSR count). The molecular weight excluding hydrogens is 301 g/mol. The van der Waals surface area contributed by atoms with E-state index in [-0.39, 0.29) is 24.5 Å². The summed E-state index contributed by atoms with van der Waals surface area (Å²) < 4.78 is 42.7. The van der Waals surface area contributed by atoms with E-state index in [0.717, 1.165) is 18.2 Å². The van der Waals surface area contributed by atoms with E-state index >= 15 is 0 Å². The van der Waals surface area contributed by atoms with Gasteiger partial charge in [0.15, 0.2) is 0 Å². The maximum absolute atomic E-state index is 12.5. The fourth-order valence-corrected chi connectivity index (χ4v) is 1.54. The largest absolute Gasteiger partial charge is 0.494 e. The molecule has 5 nitrogen and oxygen atoms in total. The number of benzene rings is 1. The molecule has 1 aromatic carbocycles. The molecule has 0 fully saturated rings. The van der Waals surface area contributed by atoms with E-state index in [2.05, 4.69) is 0 Å². The maximum Gasteiger partial charge on any atom is 0.416 e. The van der Waals surface area contributed by atoms with Crippen LogP contribution in [0.15, 0.2) is 36.0 Å². The predicted octanol–water partition coefficient (Wildman–Crippen LogP) is 1.76. The van der Waals surface area contributed by atoms with E-state index in [4.69, 9.17) is 16.2 Å². The fraction of sp³-hybridized carbons (Fsp3) is 0.286. The van der Waals surface area contributed by atoms with Crippen LogP contribution in [0.2, 0.25) is 0 Å². The van der Waals surface area contributed by atoms with Gasteiger partial charge >= 0.3 is 6.18 Å². The van der Waals surface area contributed by atoms with E-state index in [1.165, 1.54) is 12.1 Å². The second-order valence-electron chi connectivity index (χ2n) is 4.43. The quantitative estimate of drug-likeness (QED) is 0.455. The summed E-state index contributed by atoms with van der Waals surface area (Å²) in [6, 6.07) is 4.50. The van der Waals surface area contributed by atoms with Crippen LogP contribution < -0.4 is 16.2 Å². The fourth-order valence-electron chi connectivity index (χ4n) is 1.54. The third kappa shape index (κ3) is 5.86. The number of hydrogen-bond donors (Lipinski definition) is 2. The highest BCUT2D eigenvalue weighted by molar-refractivity contribution is 6.40. The molecular formula is C14H15F3N2O3. The molecule has 22 heavy (non-hydrogen) atoms. The number of rotatable bonds is 7. The van der Waals surface area contributed by atoms with Crippen molar-refractivity contribution in [2.75, 3.05) is 6.61 Å². The molecule has 0 radical (unpaired) electrons. The molecule has 0 aromatic heterocycles. The Morgan fingerprint density at radius 3 is 2.50 bits per heavy atom. The van der Waals surface area contributed by atoms with Crippen molar-refractivity contribution in [2.24, 2.45) is 11.5 Å². The molecule has 120 valence electrons. The molecule has 1 aromatic rings. The normalized spacial score (nSPS) is 12.0. The minimum atomic E-state index is -4.43. The molecule has 0 aliphatic heterocycles. The lowest BCUT2D eigenvalue weighted by molar-refractivity contribution is -0.137. The highest BCUT2D eigenvalue weighted by Crippen LogP contribution is 2.31. The number of amides is 1. The summed E-state index contributed by atoms with van der Waals surface area (Å²) in [4.78, 5) is 21.5. The van der Waals surface area contributed by atoms with Gasteiger partial charge in [0.05, 0.1) is 12.2 Å². The first-order valence-electron chi connectivity index (χ1n) is 6.30. The lowest BCUT2D eigenvalue weighted by atomic mass is 10.2. The second kappa shape index (κ2) is 7.48. The van der Waals surface area contributed by atoms with Crippen molar-refractivity contribution in [1.82, 2.24) is 0 Å².